The summed E-state index contributed by atoms with van der Waals surface area (Å²) in [7, 11) is 0. The van der Waals surface area contributed by atoms with Gasteiger partial charge in [-0.25, -0.2) is 4.79 Å². The summed E-state index contributed by atoms with van der Waals surface area (Å²) in [4.78, 5) is 31.5. The highest BCUT2D eigenvalue weighted by Crippen LogP contribution is 2.34. The molecule has 0 bridgehead atoms. The second-order valence-corrected chi connectivity index (χ2v) is 10.9. The van der Waals surface area contributed by atoms with Gasteiger partial charge in [0.05, 0.1) is 6.04 Å². The Balaban J connectivity index is 1.46. The second kappa shape index (κ2) is 12.3. The molecule has 6 nitrogen and oxygen atoms in total. The first-order valence-corrected chi connectivity index (χ1v) is 13.9. The maximum absolute atomic E-state index is 13.6. The molecule has 0 fully saturated rings. The van der Waals surface area contributed by atoms with Crippen LogP contribution in [0.4, 0.5) is 10.5 Å². The van der Waals surface area contributed by atoms with Crippen LogP contribution in [0.1, 0.15) is 60.7 Å². The summed E-state index contributed by atoms with van der Waals surface area (Å²) < 4.78 is 6.19. The van der Waals surface area contributed by atoms with Crippen molar-refractivity contribution < 1.29 is 14.3 Å². The number of nitrogens with zero attached hydrogens (tertiary/aromatic N) is 2. The molecular formula is C30H37N3O3S. The van der Waals surface area contributed by atoms with Crippen molar-refractivity contribution in [2.45, 2.75) is 52.5 Å². The van der Waals surface area contributed by atoms with Gasteiger partial charge in [-0.3, -0.25) is 4.79 Å². The van der Waals surface area contributed by atoms with E-state index in [4.69, 9.17) is 4.74 Å². The van der Waals surface area contributed by atoms with E-state index in [9.17, 15) is 9.59 Å². The average Bonchev–Trinajstić information content (AvgIpc) is 3.37. The van der Waals surface area contributed by atoms with Gasteiger partial charge in [0.1, 0.15) is 18.9 Å². The fraction of sp³-hybridized carbons (Fsp3) is 0.400. The molecule has 4 rings (SSSR count). The number of carbonyl (C=O) groups excluding carboxylic acids is 2. The second-order valence-electron chi connectivity index (χ2n) is 9.90. The molecule has 2 aromatic carbocycles. The minimum absolute atomic E-state index is 0.0323. The Morgan fingerprint density at radius 2 is 1.84 bits per heavy atom. The molecule has 3 amide bonds. The number of anilines is 1. The fourth-order valence-electron chi connectivity index (χ4n) is 4.61. The first kappa shape index (κ1) is 26.7. The van der Waals surface area contributed by atoms with E-state index in [-0.39, 0.29) is 24.5 Å². The molecule has 1 aliphatic heterocycles. The zero-order valence-corrected chi connectivity index (χ0v) is 23.0. The zero-order chi connectivity index (χ0) is 26.4. The first-order chi connectivity index (χ1) is 17.9. The minimum Gasteiger partial charge on any atom is -0.491 e. The smallest absolute Gasteiger partial charge is 0.322 e. The van der Waals surface area contributed by atoms with Gasteiger partial charge in [0.25, 0.3) is 0 Å². The van der Waals surface area contributed by atoms with Crippen molar-refractivity contribution in [1.82, 2.24) is 9.80 Å². The molecular weight excluding hydrogens is 482 g/mol. The summed E-state index contributed by atoms with van der Waals surface area (Å²) in [6, 6.07) is 17.5. The van der Waals surface area contributed by atoms with Gasteiger partial charge in [-0.2, -0.15) is 0 Å². The van der Waals surface area contributed by atoms with Crippen molar-refractivity contribution in [2.75, 3.05) is 31.6 Å². The van der Waals surface area contributed by atoms with Crippen LogP contribution in [0.2, 0.25) is 0 Å². The monoisotopic (exact) mass is 519 g/mol. The van der Waals surface area contributed by atoms with Gasteiger partial charge in [0.2, 0.25) is 5.91 Å². The van der Waals surface area contributed by atoms with Crippen molar-refractivity contribution in [3.05, 3.63) is 81.5 Å². The molecule has 1 unspecified atom stereocenters. The number of nitrogens with one attached hydrogen (secondary N) is 1. The first-order valence-electron chi connectivity index (χ1n) is 13.1. The number of fused-ring (bicyclic) bond motifs is 1. The minimum atomic E-state index is -0.259. The lowest BCUT2D eigenvalue weighted by atomic mass is 10.00. The van der Waals surface area contributed by atoms with Gasteiger partial charge in [-0.05, 0) is 72.5 Å². The predicted octanol–water partition coefficient (Wildman–Crippen LogP) is 6.63. The van der Waals surface area contributed by atoms with Gasteiger partial charge in [0.15, 0.2) is 0 Å². The Morgan fingerprint density at radius 1 is 1.11 bits per heavy atom. The molecule has 196 valence electrons. The molecule has 1 N–H and O–H groups in total. The van der Waals surface area contributed by atoms with Crippen LogP contribution in [0.15, 0.2) is 60.0 Å². The number of urea groups is 1. The van der Waals surface area contributed by atoms with Gasteiger partial charge in [-0.15, -0.1) is 11.3 Å². The van der Waals surface area contributed by atoms with E-state index in [2.05, 4.69) is 42.7 Å². The van der Waals surface area contributed by atoms with E-state index < -0.39 is 0 Å². The van der Waals surface area contributed by atoms with Crippen LogP contribution in [-0.4, -0.2) is 48.0 Å². The van der Waals surface area contributed by atoms with Crippen LogP contribution in [0.3, 0.4) is 0 Å². The highest BCUT2D eigenvalue weighted by Gasteiger charge is 2.33. The number of thiophene rings is 1. The van der Waals surface area contributed by atoms with Crippen molar-refractivity contribution in [1.29, 1.82) is 0 Å². The number of aryl methyl sites for hydroxylation is 1. The molecule has 3 aromatic rings. The molecule has 0 spiro atoms. The number of hydrogen-bond acceptors (Lipinski definition) is 4. The fourth-order valence-corrected chi connectivity index (χ4v) is 5.54. The quantitative estimate of drug-likeness (QED) is 0.345. The van der Waals surface area contributed by atoms with E-state index >= 15 is 0 Å². The third kappa shape index (κ3) is 6.72. The number of carbonyl (C=O) groups is 2. The molecule has 7 heteroatoms. The number of ether oxygens (including phenoxy) is 1. The molecule has 0 saturated heterocycles. The lowest BCUT2D eigenvalue weighted by Crippen LogP contribution is -2.48. The topological polar surface area (TPSA) is 61.9 Å². The zero-order valence-electron chi connectivity index (χ0n) is 22.2. The number of amides is 3. The third-order valence-electron chi connectivity index (χ3n) is 6.78. The van der Waals surface area contributed by atoms with Crippen molar-refractivity contribution in [2.24, 2.45) is 0 Å². The lowest BCUT2D eigenvalue weighted by Gasteiger charge is -2.37. The Kier molecular flexibility index (Phi) is 8.87. The summed E-state index contributed by atoms with van der Waals surface area (Å²) in [6.07, 6.45) is 1.59. The van der Waals surface area contributed by atoms with E-state index in [1.165, 1.54) is 10.4 Å². The maximum Gasteiger partial charge on any atom is 0.322 e. The highest BCUT2D eigenvalue weighted by atomic mass is 32.1. The number of hydrogen-bond donors (Lipinski definition) is 1. The molecule has 1 aliphatic rings. The maximum atomic E-state index is 13.6. The SMILES string of the molecule is CCCN(CC(=O)N1CCc2sccc2C1COc1ccc(C(C)C)cc1)C(=O)Nc1ccc(C)cc1. The number of rotatable bonds is 9. The number of benzene rings is 2. The van der Waals surface area contributed by atoms with Crippen LogP contribution >= 0.6 is 11.3 Å². The Morgan fingerprint density at radius 3 is 2.51 bits per heavy atom. The molecule has 0 aliphatic carbocycles. The van der Waals surface area contributed by atoms with Gasteiger partial charge < -0.3 is 19.9 Å². The largest absolute Gasteiger partial charge is 0.491 e. The summed E-state index contributed by atoms with van der Waals surface area (Å²) in [5.41, 5.74) is 4.26. The molecule has 1 aromatic heterocycles. The average molecular weight is 520 g/mol. The standard InChI is InChI=1S/C30H37N3O3S/c1-5-16-32(30(35)31-24-10-6-22(4)7-11-24)19-29(34)33-17-14-28-26(15-18-37-28)27(33)20-36-25-12-8-23(9-13-25)21(2)3/h6-13,15,18,21,27H,5,14,16-17,19-20H2,1-4H3,(H,31,35). The van der Waals surface area contributed by atoms with Crippen molar-refractivity contribution >= 4 is 29.0 Å². The van der Waals surface area contributed by atoms with Gasteiger partial charge in [-0.1, -0.05) is 50.6 Å². The Hall–Kier alpha value is -3.32. The van der Waals surface area contributed by atoms with Crippen LogP contribution in [0.5, 0.6) is 5.75 Å². The predicted molar refractivity (Wildman–Crippen MR) is 151 cm³/mol. The van der Waals surface area contributed by atoms with Crippen LogP contribution in [-0.2, 0) is 11.2 Å². The summed E-state index contributed by atoms with van der Waals surface area (Å²) in [5.74, 6) is 1.19. The van der Waals surface area contributed by atoms with E-state index in [0.717, 1.165) is 35.4 Å². The van der Waals surface area contributed by atoms with Crippen molar-refractivity contribution in [3.8, 4) is 5.75 Å². The van der Waals surface area contributed by atoms with Crippen molar-refractivity contribution in [3.63, 3.8) is 0 Å². The van der Waals surface area contributed by atoms with E-state index in [0.29, 0.717) is 25.6 Å². The summed E-state index contributed by atoms with van der Waals surface area (Å²) >= 11 is 1.73. The van der Waals surface area contributed by atoms with Crippen LogP contribution < -0.4 is 10.1 Å². The molecule has 0 radical (unpaired) electrons. The molecule has 37 heavy (non-hydrogen) atoms. The lowest BCUT2D eigenvalue weighted by molar-refractivity contribution is -0.135. The van der Waals surface area contributed by atoms with Crippen LogP contribution in [0.25, 0.3) is 0 Å². The summed E-state index contributed by atoms with van der Waals surface area (Å²) in [6.45, 7) is 9.88. The summed E-state index contributed by atoms with van der Waals surface area (Å²) in [5, 5.41) is 5.02. The van der Waals surface area contributed by atoms with Gasteiger partial charge in [0, 0.05) is 23.7 Å². The molecule has 1 atom stereocenters. The van der Waals surface area contributed by atoms with Gasteiger partial charge >= 0.3 is 6.03 Å². The van der Waals surface area contributed by atoms with E-state index in [1.54, 1.807) is 16.2 Å². The van der Waals surface area contributed by atoms with E-state index in [1.807, 2.05) is 55.1 Å². The Labute approximate surface area is 224 Å². The third-order valence-corrected chi connectivity index (χ3v) is 7.78. The molecule has 2 heterocycles. The highest BCUT2D eigenvalue weighted by molar-refractivity contribution is 7.10. The normalized spacial score (nSPS) is 14.8. The Bertz CT molecular complexity index is 1190. The van der Waals surface area contributed by atoms with Crippen LogP contribution in [0, 0.1) is 6.92 Å². The molecule has 0 saturated carbocycles.